The summed E-state index contributed by atoms with van der Waals surface area (Å²) < 4.78 is 0. The van der Waals surface area contributed by atoms with Crippen LogP contribution < -0.4 is 10.6 Å². The van der Waals surface area contributed by atoms with Gasteiger partial charge in [0.15, 0.2) is 0 Å². The molecule has 0 saturated carbocycles. The second kappa shape index (κ2) is 9.26. The fraction of sp³-hybridized carbons (Fsp3) is 0.263. The lowest BCUT2D eigenvalue weighted by Crippen LogP contribution is -2.26. The van der Waals surface area contributed by atoms with E-state index in [1.807, 2.05) is 30.3 Å². The summed E-state index contributed by atoms with van der Waals surface area (Å²) in [6, 6.07) is 19.6. The first kappa shape index (κ1) is 16.6. The number of aryl methyl sites for hydroxylation is 1. The predicted molar refractivity (Wildman–Crippen MR) is 92.0 cm³/mol. The van der Waals surface area contributed by atoms with E-state index in [0.717, 1.165) is 18.5 Å². The molecule has 1 amide bonds. The summed E-state index contributed by atoms with van der Waals surface area (Å²) in [4.78, 5) is 11.8. The Labute approximate surface area is 137 Å². The van der Waals surface area contributed by atoms with E-state index >= 15 is 0 Å². The molecule has 2 aromatic rings. The largest absolute Gasteiger partial charge is 0.384 e. The number of benzene rings is 2. The highest BCUT2D eigenvalue weighted by Crippen LogP contribution is 2.09. The van der Waals surface area contributed by atoms with Gasteiger partial charge in [0.1, 0.15) is 0 Å². The van der Waals surface area contributed by atoms with Crippen LogP contribution in [0, 0.1) is 11.3 Å². The zero-order valence-corrected chi connectivity index (χ0v) is 13.1. The molecule has 2 N–H and O–H groups in total. The van der Waals surface area contributed by atoms with Gasteiger partial charge < -0.3 is 10.6 Å². The van der Waals surface area contributed by atoms with Gasteiger partial charge in [-0.15, -0.1) is 0 Å². The zero-order valence-electron chi connectivity index (χ0n) is 13.1. The van der Waals surface area contributed by atoms with Gasteiger partial charge in [0.25, 0.3) is 0 Å². The summed E-state index contributed by atoms with van der Waals surface area (Å²) in [6.07, 6.45) is 2.33. The number of nitrogens with zero attached hydrogens (tertiary/aromatic N) is 1. The van der Waals surface area contributed by atoms with Gasteiger partial charge in [-0.3, -0.25) is 4.79 Å². The van der Waals surface area contributed by atoms with Crippen LogP contribution in [0.4, 0.5) is 5.69 Å². The maximum atomic E-state index is 11.8. The fourth-order valence-corrected chi connectivity index (χ4v) is 2.27. The Kier molecular flexibility index (Phi) is 6.67. The maximum absolute atomic E-state index is 11.8. The fourth-order valence-electron chi connectivity index (χ4n) is 2.27. The van der Waals surface area contributed by atoms with Crippen molar-refractivity contribution >= 4 is 11.6 Å². The summed E-state index contributed by atoms with van der Waals surface area (Å²) in [5.74, 6) is 0.0435. The van der Waals surface area contributed by atoms with Crippen molar-refractivity contribution in [3.05, 3.63) is 65.7 Å². The SMILES string of the molecule is N#Cc1cccc(NCCC(=O)NCCCc2ccccc2)c1. The third kappa shape index (κ3) is 6.23. The average molecular weight is 307 g/mol. The Balaban J connectivity index is 1.59. The molecule has 0 heterocycles. The van der Waals surface area contributed by atoms with Crippen LogP contribution >= 0.6 is 0 Å². The molecule has 0 aromatic heterocycles. The van der Waals surface area contributed by atoms with Gasteiger partial charge in [-0.05, 0) is 36.6 Å². The monoisotopic (exact) mass is 307 g/mol. The number of anilines is 1. The minimum atomic E-state index is 0.0435. The minimum absolute atomic E-state index is 0.0435. The summed E-state index contributed by atoms with van der Waals surface area (Å²) in [5, 5.41) is 14.9. The van der Waals surface area contributed by atoms with E-state index in [9.17, 15) is 4.79 Å². The van der Waals surface area contributed by atoms with Gasteiger partial charge in [-0.25, -0.2) is 0 Å². The Morgan fingerprint density at radius 2 is 1.87 bits per heavy atom. The average Bonchev–Trinajstić information content (AvgIpc) is 2.60. The van der Waals surface area contributed by atoms with Crippen LogP contribution in [0.2, 0.25) is 0 Å². The zero-order chi connectivity index (χ0) is 16.3. The third-order valence-corrected chi connectivity index (χ3v) is 3.48. The Morgan fingerprint density at radius 1 is 1.04 bits per heavy atom. The molecule has 4 heteroatoms. The standard InChI is InChI=1S/C19H21N3O/c20-15-17-8-4-10-18(14-17)21-13-11-19(23)22-12-5-9-16-6-2-1-3-7-16/h1-4,6-8,10,14,21H,5,9,11-13H2,(H,22,23). The number of rotatable bonds is 8. The second-order valence-electron chi connectivity index (χ2n) is 5.31. The highest BCUT2D eigenvalue weighted by molar-refractivity contribution is 5.76. The first-order valence-electron chi connectivity index (χ1n) is 7.82. The van der Waals surface area contributed by atoms with Crippen molar-refractivity contribution in [1.82, 2.24) is 5.32 Å². The lowest BCUT2D eigenvalue weighted by molar-refractivity contribution is -0.120. The van der Waals surface area contributed by atoms with E-state index in [-0.39, 0.29) is 5.91 Å². The summed E-state index contributed by atoms with van der Waals surface area (Å²) >= 11 is 0. The molecule has 0 radical (unpaired) electrons. The van der Waals surface area contributed by atoms with Gasteiger partial charge in [0.2, 0.25) is 5.91 Å². The first-order valence-corrected chi connectivity index (χ1v) is 7.82. The molecular formula is C19H21N3O. The van der Waals surface area contributed by atoms with E-state index in [1.165, 1.54) is 5.56 Å². The first-order chi connectivity index (χ1) is 11.3. The number of amides is 1. The van der Waals surface area contributed by atoms with E-state index in [0.29, 0.717) is 25.1 Å². The minimum Gasteiger partial charge on any atom is -0.384 e. The highest BCUT2D eigenvalue weighted by Gasteiger charge is 2.01. The van der Waals surface area contributed by atoms with Gasteiger partial charge in [-0.2, -0.15) is 5.26 Å². The van der Waals surface area contributed by atoms with Crippen molar-refractivity contribution in [2.75, 3.05) is 18.4 Å². The molecule has 0 saturated heterocycles. The Morgan fingerprint density at radius 3 is 2.65 bits per heavy atom. The summed E-state index contributed by atoms with van der Waals surface area (Å²) in [6.45, 7) is 1.25. The molecule has 23 heavy (non-hydrogen) atoms. The molecule has 0 bridgehead atoms. The number of hydrogen-bond acceptors (Lipinski definition) is 3. The van der Waals surface area contributed by atoms with Crippen molar-refractivity contribution in [1.29, 1.82) is 5.26 Å². The van der Waals surface area contributed by atoms with E-state index in [2.05, 4.69) is 28.8 Å². The van der Waals surface area contributed by atoms with Gasteiger partial charge in [0, 0.05) is 25.2 Å². The second-order valence-corrected chi connectivity index (χ2v) is 5.31. The van der Waals surface area contributed by atoms with Crippen molar-refractivity contribution in [3.8, 4) is 6.07 Å². The predicted octanol–water partition coefficient (Wildman–Crippen LogP) is 3.11. The van der Waals surface area contributed by atoms with Crippen LogP contribution in [-0.4, -0.2) is 19.0 Å². The maximum Gasteiger partial charge on any atom is 0.221 e. The Hall–Kier alpha value is -2.80. The molecule has 2 rings (SSSR count). The number of nitriles is 1. The molecule has 2 aromatic carbocycles. The summed E-state index contributed by atoms with van der Waals surface area (Å²) in [7, 11) is 0. The molecule has 0 aliphatic carbocycles. The smallest absolute Gasteiger partial charge is 0.221 e. The normalized spacial score (nSPS) is 9.87. The summed E-state index contributed by atoms with van der Waals surface area (Å²) in [5.41, 5.74) is 2.77. The molecule has 0 fully saturated rings. The van der Waals surface area contributed by atoms with Gasteiger partial charge in [-0.1, -0.05) is 36.4 Å². The van der Waals surface area contributed by atoms with Crippen LogP contribution in [0.1, 0.15) is 24.0 Å². The number of carbonyl (C=O) groups is 1. The van der Waals surface area contributed by atoms with E-state index in [4.69, 9.17) is 5.26 Å². The molecule has 0 spiro atoms. The quantitative estimate of drug-likeness (QED) is 0.737. The van der Waals surface area contributed by atoms with Crippen LogP contribution in [-0.2, 0) is 11.2 Å². The van der Waals surface area contributed by atoms with Gasteiger partial charge >= 0.3 is 0 Å². The topological polar surface area (TPSA) is 64.9 Å². The van der Waals surface area contributed by atoms with E-state index < -0.39 is 0 Å². The third-order valence-electron chi connectivity index (χ3n) is 3.48. The highest BCUT2D eigenvalue weighted by atomic mass is 16.1. The van der Waals surface area contributed by atoms with Crippen molar-refractivity contribution in [2.24, 2.45) is 0 Å². The van der Waals surface area contributed by atoms with Crippen LogP contribution in [0.15, 0.2) is 54.6 Å². The molecule has 4 nitrogen and oxygen atoms in total. The van der Waals surface area contributed by atoms with Gasteiger partial charge in [0.05, 0.1) is 11.6 Å². The number of hydrogen-bond donors (Lipinski definition) is 2. The molecule has 0 atom stereocenters. The van der Waals surface area contributed by atoms with Crippen LogP contribution in [0.25, 0.3) is 0 Å². The lowest BCUT2D eigenvalue weighted by atomic mass is 10.1. The van der Waals surface area contributed by atoms with Crippen molar-refractivity contribution in [3.63, 3.8) is 0 Å². The number of nitrogens with one attached hydrogen (secondary N) is 2. The van der Waals surface area contributed by atoms with Crippen molar-refractivity contribution < 1.29 is 4.79 Å². The van der Waals surface area contributed by atoms with Crippen LogP contribution in [0.3, 0.4) is 0 Å². The molecular weight excluding hydrogens is 286 g/mol. The Bertz CT molecular complexity index is 662. The number of carbonyl (C=O) groups excluding carboxylic acids is 1. The molecule has 0 unspecified atom stereocenters. The van der Waals surface area contributed by atoms with E-state index in [1.54, 1.807) is 12.1 Å². The molecule has 0 aliphatic heterocycles. The van der Waals surface area contributed by atoms with Crippen molar-refractivity contribution in [2.45, 2.75) is 19.3 Å². The lowest BCUT2D eigenvalue weighted by Gasteiger charge is -2.08. The van der Waals surface area contributed by atoms with Crippen LogP contribution in [0.5, 0.6) is 0 Å². The molecule has 0 aliphatic rings. The molecule has 118 valence electrons.